The maximum absolute atomic E-state index is 12.3. The summed E-state index contributed by atoms with van der Waals surface area (Å²) in [4.78, 5) is 14.4. The molecule has 3 nitrogen and oxygen atoms in total. The molecule has 18 heavy (non-hydrogen) atoms. The van der Waals surface area contributed by atoms with Gasteiger partial charge in [0.25, 0.3) is 0 Å². The van der Waals surface area contributed by atoms with Crippen molar-refractivity contribution >= 4 is 5.91 Å². The van der Waals surface area contributed by atoms with Gasteiger partial charge < -0.3 is 9.64 Å². The van der Waals surface area contributed by atoms with Crippen molar-refractivity contribution in [2.45, 2.75) is 44.6 Å². The number of ether oxygens (including phenoxy) is 1. The molecule has 2 aliphatic carbocycles. The molecule has 3 aliphatic rings. The highest BCUT2D eigenvalue weighted by Crippen LogP contribution is 2.30. The van der Waals surface area contributed by atoms with Crippen LogP contribution in [0, 0.1) is 11.8 Å². The average molecular weight is 249 g/mol. The molecule has 0 bridgehead atoms. The summed E-state index contributed by atoms with van der Waals surface area (Å²) in [5.74, 6) is 1.41. The lowest BCUT2D eigenvalue weighted by Crippen LogP contribution is -2.35. The Hall–Kier alpha value is -0.830. The van der Waals surface area contributed by atoms with Gasteiger partial charge in [-0.3, -0.25) is 4.79 Å². The molecule has 1 amide bonds. The fourth-order valence-electron chi connectivity index (χ4n) is 2.90. The van der Waals surface area contributed by atoms with Crippen LogP contribution in [0.25, 0.3) is 0 Å². The molecule has 0 spiro atoms. The largest absolute Gasteiger partial charge is 0.376 e. The number of likely N-dealkylation sites (tertiary alicyclic amines) is 1. The minimum atomic E-state index is 0.234. The van der Waals surface area contributed by atoms with Crippen LogP contribution in [-0.4, -0.2) is 36.6 Å². The normalized spacial score (nSPS) is 31.9. The van der Waals surface area contributed by atoms with Crippen molar-refractivity contribution in [2.24, 2.45) is 11.8 Å². The zero-order chi connectivity index (χ0) is 12.4. The van der Waals surface area contributed by atoms with Crippen LogP contribution in [0.1, 0.15) is 38.5 Å². The quantitative estimate of drug-likeness (QED) is 0.716. The topological polar surface area (TPSA) is 29.5 Å². The summed E-state index contributed by atoms with van der Waals surface area (Å²) in [5, 5.41) is 0. The summed E-state index contributed by atoms with van der Waals surface area (Å²) >= 11 is 0. The zero-order valence-corrected chi connectivity index (χ0v) is 11.0. The first-order chi connectivity index (χ1) is 8.83. The van der Waals surface area contributed by atoms with Crippen LogP contribution in [0.5, 0.6) is 0 Å². The van der Waals surface area contributed by atoms with Gasteiger partial charge in [0.15, 0.2) is 0 Å². The molecular formula is C15H23NO2. The molecule has 100 valence electrons. The molecule has 0 unspecified atom stereocenters. The van der Waals surface area contributed by atoms with Gasteiger partial charge in [0.2, 0.25) is 5.91 Å². The van der Waals surface area contributed by atoms with Crippen LogP contribution in [0.15, 0.2) is 12.2 Å². The third-order valence-corrected chi connectivity index (χ3v) is 4.34. The van der Waals surface area contributed by atoms with Crippen LogP contribution in [-0.2, 0) is 9.53 Å². The van der Waals surface area contributed by atoms with Crippen molar-refractivity contribution < 1.29 is 9.53 Å². The highest BCUT2D eigenvalue weighted by atomic mass is 16.5. The minimum Gasteiger partial charge on any atom is -0.376 e. The van der Waals surface area contributed by atoms with E-state index in [1.54, 1.807) is 0 Å². The van der Waals surface area contributed by atoms with Gasteiger partial charge in [0.1, 0.15) is 0 Å². The molecule has 2 atom stereocenters. The highest BCUT2D eigenvalue weighted by molar-refractivity contribution is 5.79. The summed E-state index contributed by atoms with van der Waals surface area (Å²) in [6.07, 6.45) is 11.4. The van der Waals surface area contributed by atoms with E-state index in [4.69, 9.17) is 4.74 Å². The Morgan fingerprint density at radius 1 is 1.22 bits per heavy atom. The number of hydrogen-bond donors (Lipinski definition) is 0. The van der Waals surface area contributed by atoms with Crippen molar-refractivity contribution in [1.82, 2.24) is 4.90 Å². The second-order valence-electron chi connectivity index (χ2n) is 5.95. The minimum absolute atomic E-state index is 0.234. The van der Waals surface area contributed by atoms with Crippen LogP contribution in [0.4, 0.5) is 0 Å². The van der Waals surface area contributed by atoms with Crippen molar-refractivity contribution in [3.05, 3.63) is 12.2 Å². The number of hydrogen-bond acceptors (Lipinski definition) is 2. The van der Waals surface area contributed by atoms with E-state index < -0.39 is 0 Å². The number of carbonyl (C=O) groups excluding carboxylic acids is 1. The standard InChI is InChI=1S/C15H23NO2/c17-15(13-4-2-1-3-5-13)16-9-8-14(10-16)18-11-12-6-7-12/h1-2,12-14H,3-11H2/t13-,14-/m1/s1. The van der Waals surface area contributed by atoms with Gasteiger partial charge >= 0.3 is 0 Å². The van der Waals surface area contributed by atoms with Gasteiger partial charge in [-0.05, 0) is 44.4 Å². The number of amides is 1. The molecule has 0 N–H and O–H groups in total. The average Bonchev–Trinajstić information content (AvgIpc) is 3.14. The highest BCUT2D eigenvalue weighted by Gasteiger charge is 2.32. The van der Waals surface area contributed by atoms with Crippen molar-refractivity contribution in [2.75, 3.05) is 19.7 Å². The first kappa shape index (κ1) is 12.2. The van der Waals surface area contributed by atoms with E-state index in [2.05, 4.69) is 12.2 Å². The van der Waals surface area contributed by atoms with Gasteiger partial charge in [-0.2, -0.15) is 0 Å². The molecule has 0 aromatic rings. The first-order valence-corrected chi connectivity index (χ1v) is 7.38. The predicted molar refractivity (Wildman–Crippen MR) is 70.1 cm³/mol. The van der Waals surface area contributed by atoms with Crippen molar-refractivity contribution in [3.8, 4) is 0 Å². The number of allylic oxidation sites excluding steroid dienone is 2. The summed E-state index contributed by atoms with van der Waals surface area (Å²) in [7, 11) is 0. The Morgan fingerprint density at radius 3 is 2.83 bits per heavy atom. The van der Waals surface area contributed by atoms with Crippen molar-refractivity contribution in [1.29, 1.82) is 0 Å². The number of carbonyl (C=O) groups is 1. The second kappa shape index (κ2) is 5.43. The molecule has 3 rings (SSSR count). The number of nitrogens with zero attached hydrogens (tertiary/aromatic N) is 1. The summed E-state index contributed by atoms with van der Waals surface area (Å²) in [5.41, 5.74) is 0. The maximum Gasteiger partial charge on any atom is 0.226 e. The third-order valence-electron chi connectivity index (χ3n) is 4.34. The fourth-order valence-corrected chi connectivity index (χ4v) is 2.90. The van der Waals surface area contributed by atoms with Gasteiger partial charge in [0.05, 0.1) is 6.10 Å². The molecule has 1 saturated heterocycles. The van der Waals surface area contributed by atoms with E-state index >= 15 is 0 Å². The Kier molecular flexibility index (Phi) is 3.69. The summed E-state index contributed by atoms with van der Waals surface area (Å²) < 4.78 is 5.89. The second-order valence-corrected chi connectivity index (χ2v) is 5.95. The molecule has 1 heterocycles. The Balaban J connectivity index is 1.45. The van der Waals surface area contributed by atoms with Crippen LogP contribution in [0.2, 0.25) is 0 Å². The molecule has 1 aliphatic heterocycles. The molecular weight excluding hydrogens is 226 g/mol. The van der Waals surface area contributed by atoms with E-state index in [9.17, 15) is 4.79 Å². The van der Waals surface area contributed by atoms with E-state index in [-0.39, 0.29) is 5.92 Å². The summed E-state index contributed by atoms with van der Waals surface area (Å²) in [6, 6.07) is 0. The van der Waals surface area contributed by atoms with Gasteiger partial charge in [0, 0.05) is 25.6 Å². The first-order valence-electron chi connectivity index (χ1n) is 7.38. The molecule has 3 heteroatoms. The molecule has 1 saturated carbocycles. The van der Waals surface area contributed by atoms with E-state index in [1.165, 1.54) is 12.8 Å². The Labute approximate surface area is 109 Å². The van der Waals surface area contributed by atoms with Gasteiger partial charge in [-0.15, -0.1) is 0 Å². The molecule has 0 aromatic carbocycles. The number of rotatable bonds is 4. The predicted octanol–water partition coefficient (Wildman–Crippen LogP) is 2.37. The van der Waals surface area contributed by atoms with Gasteiger partial charge in [-0.25, -0.2) is 0 Å². The molecule has 2 fully saturated rings. The zero-order valence-electron chi connectivity index (χ0n) is 11.0. The molecule has 0 aromatic heterocycles. The third kappa shape index (κ3) is 2.94. The lowest BCUT2D eigenvalue weighted by Gasteiger charge is -2.24. The van der Waals surface area contributed by atoms with E-state index in [0.717, 1.165) is 51.3 Å². The fraction of sp³-hybridized carbons (Fsp3) is 0.800. The van der Waals surface area contributed by atoms with Gasteiger partial charge in [-0.1, -0.05) is 12.2 Å². The summed E-state index contributed by atoms with van der Waals surface area (Å²) in [6.45, 7) is 2.64. The smallest absolute Gasteiger partial charge is 0.226 e. The maximum atomic E-state index is 12.3. The lowest BCUT2D eigenvalue weighted by atomic mass is 9.93. The Bertz CT molecular complexity index is 335. The van der Waals surface area contributed by atoms with Crippen LogP contribution in [0.3, 0.4) is 0 Å². The monoisotopic (exact) mass is 249 g/mol. The Morgan fingerprint density at radius 2 is 2.11 bits per heavy atom. The van der Waals surface area contributed by atoms with Crippen molar-refractivity contribution in [3.63, 3.8) is 0 Å². The van der Waals surface area contributed by atoms with E-state index in [1.807, 2.05) is 4.90 Å². The SMILES string of the molecule is O=C([C@@H]1CC=CCC1)N1CC[C@@H](OCC2CC2)C1. The molecule has 0 radical (unpaired) electrons. The lowest BCUT2D eigenvalue weighted by molar-refractivity contribution is -0.135. The van der Waals surface area contributed by atoms with Crippen LogP contribution >= 0.6 is 0 Å². The van der Waals surface area contributed by atoms with Crippen LogP contribution < -0.4 is 0 Å². The van der Waals surface area contributed by atoms with E-state index in [0.29, 0.717) is 12.0 Å².